The fourth-order valence-electron chi connectivity index (χ4n) is 3.48. The maximum atomic E-state index is 12.8. The van der Waals surface area contributed by atoms with Gasteiger partial charge in [-0.15, -0.1) is 5.10 Å². The van der Waals surface area contributed by atoms with Gasteiger partial charge in [0.15, 0.2) is 17.3 Å². The van der Waals surface area contributed by atoms with Crippen LogP contribution < -0.4 is 19.6 Å². The Hall–Kier alpha value is -3.19. The molecule has 0 spiro atoms. The van der Waals surface area contributed by atoms with Crippen molar-refractivity contribution in [3.8, 4) is 22.9 Å². The second kappa shape index (κ2) is 10.4. The highest BCUT2D eigenvalue weighted by molar-refractivity contribution is 7.15. The number of aromatic nitrogens is 3. The van der Waals surface area contributed by atoms with E-state index in [4.69, 9.17) is 9.47 Å². The van der Waals surface area contributed by atoms with Gasteiger partial charge in [0, 0.05) is 5.56 Å². The third-order valence-corrected chi connectivity index (χ3v) is 6.16. The van der Waals surface area contributed by atoms with Crippen molar-refractivity contribution in [1.29, 1.82) is 0 Å². The highest BCUT2D eigenvalue weighted by Gasteiger charge is 2.12. The van der Waals surface area contributed by atoms with Gasteiger partial charge in [-0.05, 0) is 30.2 Å². The van der Waals surface area contributed by atoms with Crippen LogP contribution in [0.1, 0.15) is 44.6 Å². The molecular formula is C25H27N3O3S. The Balaban J connectivity index is 1.52. The summed E-state index contributed by atoms with van der Waals surface area (Å²) in [6, 6.07) is 15.4. The van der Waals surface area contributed by atoms with Crippen LogP contribution in [0.3, 0.4) is 0 Å². The maximum Gasteiger partial charge on any atom is 0.291 e. The minimum absolute atomic E-state index is 0.175. The van der Waals surface area contributed by atoms with Crippen LogP contribution in [0.4, 0.5) is 0 Å². The predicted octanol–water partition coefficient (Wildman–Crippen LogP) is 4.72. The van der Waals surface area contributed by atoms with Crippen molar-refractivity contribution in [3.63, 3.8) is 0 Å². The highest BCUT2D eigenvalue weighted by atomic mass is 32.1. The molecule has 0 aliphatic carbocycles. The van der Waals surface area contributed by atoms with Crippen molar-refractivity contribution < 1.29 is 9.47 Å². The number of thiazole rings is 1. The first-order chi connectivity index (χ1) is 15.7. The van der Waals surface area contributed by atoms with Crippen molar-refractivity contribution in [2.75, 3.05) is 13.7 Å². The Morgan fingerprint density at radius 1 is 1.03 bits per heavy atom. The summed E-state index contributed by atoms with van der Waals surface area (Å²) < 4.78 is 13.4. The van der Waals surface area contributed by atoms with Gasteiger partial charge in [-0.3, -0.25) is 4.79 Å². The van der Waals surface area contributed by atoms with Crippen molar-refractivity contribution in [2.24, 2.45) is 0 Å². The van der Waals surface area contributed by atoms with Crippen molar-refractivity contribution >= 4 is 22.4 Å². The Labute approximate surface area is 191 Å². The minimum atomic E-state index is -0.175. The molecule has 0 bridgehead atoms. The zero-order chi connectivity index (χ0) is 22.3. The Morgan fingerprint density at radius 2 is 1.84 bits per heavy atom. The molecule has 32 heavy (non-hydrogen) atoms. The number of unbranched alkanes of at least 4 members (excludes halogenated alkanes) is 4. The highest BCUT2D eigenvalue weighted by Crippen LogP contribution is 2.28. The first kappa shape index (κ1) is 22.0. The van der Waals surface area contributed by atoms with E-state index in [2.05, 4.69) is 17.0 Å². The third-order valence-electron chi connectivity index (χ3n) is 5.20. The van der Waals surface area contributed by atoms with E-state index in [0.29, 0.717) is 27.7 Å². The number of nitrogens with zero attached hydrogens (tertiary/aromatic N) is 3. The molecule has 0 saturated heterocycles. The molecule has 4 rings (SSSR count). The van der Waals surface area contributed by atoms with Crippen LogP contribution >= 0.6 is 11.3 Å². The average molecular weight is 450 g/mol. The lowest BCUT2D eigenvalue weighted by Gasteiger charge is -2.11. The van der Waals surface area contributed by atoms with E-state index in [9.17, 15) is 4.79 Å². The summed E-state index contributed by atoms with van der Waals surface area (Å²) in [7, 11) is 1.63. The van der Waals surface area contributed by atoms with Gasteiger partial charge in [0.25, 0.3) is 5.56 Å². The number of ether oxygens (including phenoxy) is 2. The number of fused-ring (bicyclic) bond motifs is 1. The van der Waals surface area contributed by atoms with Gasteiger partial charge in [0.2, 0.25) is 4.96 Å². The molecule has 0 aliphatic heterocycles. The van der Waals surface area contributed by atoms with Gasteiger partial charge in [0.1, 0.15) is 0 Å². The molecule has 2 aromatic heterocycles. The molecule has 0 saturated carbocycles. The van der Waals surface area contributed by atoms with Gasteiger partial charge < -0.3 is 9.47 Å². The third kappa shape index (κ3) is 4.99. The number of hydrogen-bond donors (Lipinski definition) is 0. The van der Waals surface area contributed by atoms with Crippen LogP contribution in [0.25, 0.3) is 22.4 Å². The lowest BCUT2D eigenvalue weighted by molar-refractivity contribution is 0.285. The Morgan fingerprint density at radius 3 is 2.59 bits per heavy atom. The molecule has 2 aromatic carbocycles. The van der Waals surface area contributed by atoms with Crippen LogP contribution in [-0.2, 0) is 0 Å². The number of rotatable bonds is 10. The zero-order valence-electron chi connectivity index (χ0n) is 18.4. The fourth-order valence-corrected chi connectivity index (χ4v) is 4.38. The van der Waals surface area contributed by atoms with E-state index in [1.807, 2.05) is 54.6 Å². The largest absolute Gasteiger partial charge is 0.493 e. The molecule has 0 aliphatic rings. The molecule has 0 amide bonds. The van der Waals surface area contributed by atoms with Gasteiger partial charge in [-0.2, -0.15) is 9.50 Å². The molecule has 6 nitrogen and oxygen atoms in total. The summed E-state index contributed by atoms with van der Waals surface area (Å²) in [6.45, 7) is 2.88. The molecule has 0 fully saturated rings. The van der Waals surface area contributed by atoms with E-state index in [0.717, 1.165) is 23.3 Å². The summed E-state index contributed by atoms with van der Waals surface area (Å²) in [5.74, 6) is 1.93. The quantitative estimate of drug-likeness (QED) is 0.328. The van der Waals surface area contributed by atoms with E-state index in [1.165, 1.54) is 41.5 Å². The zero-order valence-corrected chi connectivity index (χ0v) is 19.2. The number of benzene rings is 2. The van der Waals surface area contributed by atoms with E-state index in [-0.39, 0.29) is 5.56 Å². The average Bonchev–Trinajstić information content (AvgIpc) is 3.36. The van der Waals surface area contributed by atoms with Crippen molar-refractivity contribution in [2.45, 2.75) is 39.0 Å². The first-order valence-electron chi connectivity index (χ1n) is 11.0. The smallest absolute Gasteiger partial charge is 0.291 e. The van der Waals surface area contributed by atoms with Crippen molar-refractivity contribution in [3.05, 3.63) is 69.0 Å². The van der Waals surface area contributed by atoms with E-state index in [1.54, 1.807) is 7.11 Å². The second-order valence-corrected chi connectivity index (χ2v) is 8.59. The van der Waals surface area contributed by atoms with Gasteiger partial charge >= 0.3 is 0 Å². The molecule has 0 radical (unpaired) electrons. The molecule has 4 aromatic rings. The standard InChI is InChI=1S/C25H27N3O3S/c1-3-4-5-6-10-15-31-20-14-13-18(16-21(20)30-2)17-22-24(29)28-25(32-22)26-23(27-28)19-11-8-7-9-12-19/h7-9,11-14,16-17H,3-6,10,15H2,1-2H3. The number of methoxy groups -OCH3 is 1. The number of hydrogen-bond acceptors (Lipinski definition) is 6. The SMILES string of the molecule is CCCCCCCOc1ccc(C=c2sc3nc(-c4ccccc4)nn3c2=O)cc1OC. The lowest BCUT2D eigenvalue weighted by Crippen LogP contribution is -2.23. The normalized spacial score (nSPS) is 11.9. The molecule has 2 heterocycles. The Kier molecular flexibility index (Phi) is 7.17. The van der Waals surface area contributed by atoms with Crippen molar-refractivity contribution in [1.82, 2.24) is 14.6 Å². The molecule has 0 atom stereocenters. The topological polar surface area (TPSA) is 65.7 Å². The Bertz CT molecular complexity index is 1280. The fraction of sp³-hybridized carbons (Fsp3) is 0.320. The first-order valence-corrected chi connectivity index (χ1v) is 11.8. The maximum absolute atomic E-state index is 12.8. The predicted molar refractivity (Wildman–Crippen MR) is 129 cm³/mol. The lowest BCUT2D eigenvalue weighted by atomic mass is 10.1. The van der Waals surface area contributed by atoms with E-state index < -0.39 is 0 Å². The summed E-state index contributed by atoms with van der Waals surface area (Å²) in [5.41, 5.74) is 1.58. The van der Waals surface area contributed by atoms with Crippen LogP contribution in [0.2, 0.25) is 0 Å². The minimum Gasteiger partial charge on any atom is -0.493 e. The molecule has 0 unspecified atom stereocenters. The molecule has 166 valence electrons. The second-order valence-electron chi connectivity index (χ2n) is 7.58. The van der Waals surface area contributed by atoms with Crippen LogP contribution in [0, 0.1) is 0 Å². The summed E-state index contributed by atoms with van der Waals surface area (Å²) >= 11 is 1.32. The summed E-state index contributed by atoms with van der Waals surface area (Å²) in [4.78, 5) is 17.9. The molecule has 0 N–H and O–H groups in total. The van der Waals surface area contributed by atoms with Crippen LogP contribution in [0.15, 0.2) is 53.3 Å². The monoisotopic (exact) mass is 449 g/mol. The van der Waals surface area contributed by atoms with Gasteiger partial charge in [-0.25, -0.2) is 0 Å². The van der Waals surface area contributed by atoms with Crippen LogP contribution in [0.5, 0.6) is 11.5 Å². The molecule has 7 heteroatoms. The van der Waals surface area contributed by atoms with E-state index >= 15 is 0 Å². The van der Waals surface area contributed by atoms with Gasteiger partial charge in [-0.1, -0.05) is 80.3 Å². The summed E-state index contributed by atoms with van der Waals surface area (Å²) in [5, 5.41) is 4.39. The van der Waals surface area contributed by atoms with Crippen LogP contribution in [-0.4, -0.2) is 28.3 Å². The summed E-state index contributed by atoms with van der Waals surface area (Å²) in [6.07, 6.45) is 7.79. The molecular weight excluding hydrogens is 422 g/mol. The van der Waals surface area contributed by atoms with Gasteiger partial charge in [0.05, 0.1) is 18.2 Å².